The van der Waals surface area contributed by atoms with Gasteiger partial charge in [-0.15, -0.1) is 0 Å². The van der Waals surface area contributed by atoms with Gasteiger partial charge in [0.15, 0.2) is 0 Å². The lowest BCUT2D eigenvalue weighted by Crippen LogP contribution is -2.28. The molecule has 0 saturated heterocycles. The number of likely N-dealkylation sites (N-methyl/N-ethyl adjacent to an activating group) is 1. The summed E-state index contributed by atoms with van der Waals surface area (Å²) in [5.41, 5.74) is 0.806. The van der Waals surface area contributed by atoms with E-state index in [-0.39, 0.29) is 16.8 Å². The van der Waals surface area contributed by atoms with Crippen LogP contribution in [0.4, 0.5) is 0 Å². The minimum absolute atomic E-state index is 0.0421. The zero-order valence-corrected chi connectivity index (χ0v) is 14.6. The molecule has 24 heavy (non-hydrogen) atoms. The maximum atomic E-state index is 12.2. The second kappa shape index (κ2) is 7.02. The number of furan rings is 1. The van der Waals surface area contributed by atoms with Crippen LogP contribution in [0, 0.1) is 6.92 Å². The van der Waals surface area contributed by atoms with Gasteiger partial charge in [-0.2, -0.15) is 0 Å². The lowest BCUT2D eigenvalue weighted by atomic mass is 10.1. The van der Waals surface area contributed by atoms with Crippen LogP contribution in [0.1, 0.15) is 30.0 Å². The molecule has 7 heteroatoms. The van der Waals surface area contributed by atoms with Gasteiger partial charge in [-0.1, -0.05) is 12.1 Å². The molecule has 1 aromatic carbocycles. The molecule has 1 heterocycles. The highest BCUT2D eigenvalue weighted by molar-refractivity contribution is 7.89. The number of nitrogens with zero attached hydrogens (tertiary/aromatic N) is 1. The molecule has 2 aromatic rings. The van der Waals surface area contributed by atoms with Gasteiger partial charge in [-0.05, 0) is 49.8 Å². The molecule has 0 fully saturated rings. The largest absolute Gasteiger partial charge is 0.462 e. The molecule has 0 saturated carbocycles. The SMILES string of the molecule is Cc1ccc(/C=C/C(=O)N(C)[C@H](C)c2ccc(S(N)(=O)=O)cc2)o1. The second-order valence-electron chi connectivity index (χ2n) is 5.52. The van der Waals surface area contributed by atoms with E-state index >= 15 is 0 Å². The van der Waals surface area contributed by atoms with Gasteiger partial charge in [0.25, 0.3) is 0 Å². The number of benzene rings is 1. The Morgan fingerprint density at radius 2 is 1.83 bits per heavy atom. The number of hydrogen-bond donors (Lipinski definition) is 1. The molecule has 0 aliphatic rings. The van der Waals surface area contributed by atoms with Crippen LogP contribution in [0.15, 0.2) is 51.8 Å². The van der Waals surface area contributed by atoms with Gasteiger partial charge >= 0.3 is 0 Å². The molecule has 1 aromatic heterocycles. The molecule has 0 radical (unpaired) electrons. The van der Waals surface area contributed by atoms with Crippen molar-refractivity contribution < 1.29 is 17.6 Å². The molecule has 6 nitrogen and oxygen atoms in total. The fourth-order valence-electron chi connectivity index (χ4n) is 2.16. The number of amides is 1. The van der Waals surface area contributed by atoms with E-state index in [1.165, 1.54) is 18.2 Å². The molecule has 0 aliphatic heterocycles. The van der Waals surface area contributed by atoms with Crippen molar-refractivity contribution in [2.24, 2.45) is 5.14 Å². The highest BCUT2D eigenvalue weighted by Gasteiger charge is 2.16. The number of hydrogen-bond acceptors (Lipinski definition) is 4. The van der Waals surface area contributed by atoms with Crippen molar-refractivity contribution in [2.45, 2.75) is 24.8 Å². The standard InChI is InChI=1S/C17H20N2O4S/c1-12-4-7-15(23-12)8-11-17(20)19(3)13(2)14-5-9-16(10-6-14)24(18,21)22/h4-11,13H,1-3H3,(H2,18,21,22)/b11-8+/t13-/m1/s1. The average Bonchev–Trinajstić information content (AvgIpc) is 2.96. The van der Waals surface area contributed by atoms with Gasteiger partial charge in [0.1, 0.15) is 11.5 Å². The average molecular weight is 348 g/mol. The molecular formula is C17H20N2O4S. The number of sulfonamides is 1. The highest BCUT2D eigenvalue weighted by atomic mass is 32.2. The molecule has 0 unspecified atom stereocenters. The first-order chi connectivity index (χ1) is 11.2. The van der Waals surface area contributed by atoms with Crippen LogP contribution >= 0.6 is 0 Å². The zero-order chi connectivity index (χ0) is 17.9. The van der Waals surface area contributed by atoms with E-state index in [4.69, 9.17) is 9.56 Å². The number of carbonyl (C=O) groups is 1. The van der Waals surface area contributed by atoms with Gasteiger partial charge in [0.2, 0.25) is 15.9 Å². The fraction of sp³-hybridized carbons (Fsp3) is 0.235. The lowest BCUT2D eigenvalue weighted by molar-refractivity contribution is -0.126. The van der Waals surface area contributed by atoms with E-state index in [9.17, 15) is 13.2 Å². The van der Waals surface area contributed by atoms with Crippen molar-refractivity contribution >= 4 is 22.0 Å². The normalized spacial score (nSPS) is 13.2. The molecule has 1 atom stereocenters. The van der Waals surface area contributed by atoms with Gasteiger partial charge in [-0.3, -0.25) is 4.79 Å². The van der Waals surface area contributed by atoms with Gasteiger partial charge < -0.3 is 9.32 Å². The molecule has 0 spiro atoms. The Hall–Kier alpha value is -2.38. The van der Waals surface area contributed by atoms with Crippen LogP contribution < -0.4 is 5.14 Å². The third kappa shape index (κ3) is 4.33. The quantitative estimate of drug-likeness (QED) is 0.840. The minimum atomic E-state index is -3.72. The Balaban J connectivity index is 2.09. The summed E-state index contributed by atoms with van der Waals surface area (Å²) in [5.74, 6) is 1.20. The van der Waals surface area contributed by atoms with Crippen LogP contribution in [0.2, 0.25) is 0 Å². The van der Waals surface area contributed by atoms with Crippen LogP contribution in [0.5, 0.6) is 0 Å². The predicted octanol–water partition coefficient (Wildman–Crippen LogP) is 2.47. The highest BCUT2D eigenvalue weighted by Crippen LogP contribution is 2.21. The lowest BCUT2D eigenvalue weighted by Gasteiger charge is -2.24. The van der Waals surface area contributed by atoms with Crippen molar-refractivity contribution in [3.63, 3.8) is 0 Å². The Kier molecular flexibility index (Phi) is 5.26. The number of carbonyl (C=O) groups excluding carboxylic acids is 1. The van der Waals surface area contributed by atoms with Crippen molar-refractivity contribution in [1.29, 1.82) is 0 Å². The summed E-state index contributed by atoms with van der Waals surface area (Å²) >= 11 is 0. The summed E-state index contributed by atoms with van der Waals surface area (Å²) < 4.78 is 27.9. The molecule has 0 aliphatic carbocycles. The zero-order valence-electron chi connectivity index (χ0n) is 13.8. The number of aryl methyl sites for hydroxylation is 1. The monoisotopic (exact) mass is 348 g/mol. The summed E-state index contributed by atoms with van der Waals surface area (Å²) in [4.78, 5) is 13.8. The minimum Gasteiger partial charge on any atom is -0.462 e. The third-order valence-electron chi connectivity index (χ3n) is 3.77. The molecule has 2 rings (SSSR count). The smallest absolute Gasteiger partial charge is 0.246 e. The topological polar surface area (TPSA) is 93.6 Å². The van der Waals surface area contributed by atoms with Crippen LogP contribution in [-0.2, 0) is 14.8 Å². The van der Waals surface area contributed by atoms with Gasteiger partial charge in [0.05, 0.1) is 10.9 Å². The van der Waals surface area contributed by atoms with Crippen molar-refractivity contribution in [2.75, 3.05) is 7.05 Å². The summed E-state index contributed by atoms with van der Waals surface area (Å²) in [7, 11) is -2.04. The van der Waals surface area contributed by atoms with E-state index in [2.05, 4.69) is 0 Å². The maximum absolute atomic E-state index is 12.2. The second-order valence-corrected chi connectivity index (χ2v) is 7.08. The molecule has 1 amide bonds. The Bertz CT molecular complexity index is 851. The fourth-order valence-corrected chi connectivity index (χ4v) is 2.68. The van der Waals surface area contributed by atoms with Crippen LogP contribution in [-0.4, -0.2) is 26.3 Å². The first-order valence-corrected chi connectivity index (χ1v) is 8.87. The third-order valence-corrected chi connectivity index (χ3v) is 4.70. The van der Waals surface area contributed by atoms with Crippen molar-refractivity contribution in [3.05, 3.63) is 59.6 Å². The molecule has 0 bridgehead atoms. The number of primary sulfonamides is 1. The van der Waals surface area contributed by atoms with E-state index < -0.39 is 10.0 Å². The summed E-state index contributed by atoms with van der Waals surface area (Å²) in [6.45, 7) is 3.69. The van der Waals surface area contributed by atoms with Crippen molar-refractivity contribution in [1.82, 2.24) is 4.90 Å². The van der Waals surface area contributed by atoms with E-state index in [1.807, 2.05) is 19.9 Å². The number of rotatable bonds is 5. The summed E-state index contributed by atoms with van der Waals surface area (Å²) in [5, 5.41) is 5.08. The molecule has 2 N–H and O–H groups in total. The Morgan fingerprint density at radius 1 is 1.21 bits per heavy atom. The van der Waals surface area contributed by atoms with Crippen LogP contribution in [0.25, 0.3) is 6.08 Å². The Labute approximate surface area is 141 Å². The van der Waals surface area contributed by atoms with Gasteiger partial charge in [-0.25, -0.2) is 13.6 Å². The number of nitrogens with two attached hydrogens (primary N) is 1. The summed E-state index contributed by atoms with van der Waals surface area (Å²) in [6, 6.07) is 9.54. The first kappa shape index (κ1) is 18.0. The predicted molar refractivity (Wildman–Crippen MR) is 91.5 cm³/mol. The first-order valence-electron chi connectivity index (χ1n) is 7.32. The molecule has 128 valence electrons. The van der Waals surface area contributed by atoms with E-state index in [1.54, 1.807) is 36.2 Å². The summed E-state index contributed by atoms with van der Waals surface area (Å²) in [6.07, 6.45) is 3.05. The molecular weight excluding hydrogens is 328 g/mol. The van der Waals surface area contributed by atoms with Gasteiger partial charge in [0, 0.05) is 13.1 Å². The Morgan fingerprint density at radius 3 is 2.33 bits per heavy atom. The van der Waals surface area contributed by atoms with E-state index in [0.717, 1.165) is 11.3 Å². The van der Waals surface area contributed by atoms with Crippen molar-refractivity contribution in [3.8, 4) is 0 Å². The maximum Gasteiger partial charge on any atom is 0.246 e. The van der Waals surface area contributed by atoms with E-state index in [0.29, 0.717) is 5.76 Å². The van der Waals surface area contributed by atoms with Crippen LogP contribution in [0.3, 0.4) is 0 Å².